The Labute approximate surface area is 113 Å². The molecular weight excluding hydrogens is 307 g/mol. The van der Waals surface area contributed by atoms with Crippen molar-refractivity contribution in [3.63, 3.8) is 0 Å². The zero-order chi connectivity index (χ0) is 16.3. The van der Waals surface area contributed by atoms with Gasteiger partial charge >= 0.3 is 18.3 Å². The van der Waals surface area contributed by atoms with Crippen LogP contribution in [0.15, 0.2) is 24.3 Å². The van der Waals surface area contributed by atoms with Crippen molar-refractivity contribution in [2.24, 2.45) is 0 Å². The number of carbonyl (C=O) groups excluding carboxylic acids is 2. The van der Waals surface area contributed by atoms with Gasteiger partial charge in [-0.1, -0.05) is 12.1 Å². The molecule has 1 aromatic carbocycles. The normalized spacial score (nSPS) is 11.9. The highest BCUT2D eigenvalue weighted by molar-refractivity contribution is 5.92. The van der Waals surface area contributed by atoms with Crippen LogP contribution in [0.1, 0.15) is 10.4 Å². The highest BCUT2D eigenvalue weighted by Crippen LogP contribution is 2.26. The Morgan fingerprint density at radius 3 is 2.19 bits per heavy atom. The zero-order valence-electron chi connectivity index (χ0n) is 9.95. The third-order valence-corrected chi connectivity index (χ3v) is 1.95. The van der Waals surface area contributed by atoms with Gasteiger partial charge in [0.1, 0.15) is 11.3 Å². The number of rotatable bonds is 5. The zero-order valence-corrected chi connectivity index (χ0v) is 9.95. The number of ether oxygens (including phenoxy) is 2. The molecule has 5 nitrogen and oxygen atoms in total. The Morgan fingerprint density at radius 2 is 1.67 bits per heavy atom. The molecule has 0 fully saturated rings. The molecule has 0 radical (unpaired) electrons. The third kappa shape index (κ3) is 4.89. The summed E-state index contributed by atoms with van der Waals surface area (Å²) in [5.41, 5.74) is -0.789. The molecule has 0 heterocycles. The average Bonchev–Trinajstić information content (AvgIpc) is 2.35. The van der Waals surface area contributed by atoms with Gasteiger partial charge in [-0.3, -0.25) is 0 Å². The van der Waals surface area contributed by atoms with E-state index in [4.69, 9.17) is 0 Å². The van der Waals surface area contributed by atoms with Gasteiger partial charge in [-0.25, -0.2) is 4.79 Å². The molecule has 0 unspecified atom stereocenters. The highest BCUT2D eigenvalue weighted by atomic mass is 19.4. The second kappa shape index (κ2) is 5.94. The third-order valence-electron chi connectivity index (χ3n) is 1.95. The monoisotopic (exact) mass is 313 g/mol. The lowest BCUT2D eigenvalue weighted by molar-refractivity contribution is -0.350. The fraction of sp³-hybridized carbons (Fsp3) is 0.273. The maximum absolute atomic E-state index is 12.8. The number of benzene rings is 1. The number of halogens is 5. The number of alkyl halides is 5. The fourth-order valence-corrected chi connectivity index (χ4v) is 1.13. The number of para-hydroxylation sites is 1. The molecule has 10 heteroatoms. The molecule has 1 rings (SSSR count). The van der Waals surface area contributed by atoms with Gasteiger partial charge in [-0.15, -0.1) is 0 Å². The van der Waals surface area contributed by atoms with E-state index in [1.54, 1.807) is 0 Å². The summed E-state index contributed by atoms with van der Waals surface area (Å²) in [6.45, 7) is -1.93. The molecule has 0 aliphatic rings. The first-order valence-corrected chi connectivity index (χ1v) is 5.14. The molecule has 1 aromatic rings. The molecule has 116 valence electrons. The maximum Gasteiger partial charge on any atom is 0.441 e. The first kappa shape index (κ1) is 16.7. The smallest absolute Gasteiger partial charge is 0.441 e. The second-order valence-corrected chi connectivity index (χ2v) is 3.59. The van der Waals surface area contributed by atoms with E-state index in [0.717, 1.165) is 24.3 Å². The van der Waals surface area contributed by atoms with Crippen molar-refractivity contribution in [2.45, 2.75) is 12.3 Å². The molecule has 0 aliphatic carbocycles. The standard InChI is InChI=1S/C11H7F5O5/c12-10(13,14)5-20-8(17)6-3-1-2-4-7(6)21-11(15,16)9(18)19/h1-4H,5H2,(H,18,19)/p-1. The number of carbonyl (C=O) groups is 2. The molecule has 0 saturated heterocycles. The number of carboxylic acids is 1. The molecule has 0 aliphatic heterocycles. The summed E-state index contributed by atoms with van der Waals surface area (Å²) in [6.07, 6.45) is -9.57. The van der Waals surface area contributed by atoms with E-state index in [9.17, 15) is 36.6 Å². The minimum atomic E-state index is -4.81. The number of aliphatic carboxylic acids is 1. The van der Waals surface area contributed by atoms with Crippen molar-refractivity contribution in [2.75, 3.05) is 6.61 Å². The average molecular weight is 313 g/mol. The summed E-state index contributed by atoms with van der Waals surface area (Å²) in [4.78, 5) is 21.5. The Balaban J connectivity index is 2.94. The van der Waals surface area contributed by atoms with Crippen LogP contribution in [0.2, 0.25) is 0 Å². The summed E-state index contributed by atoms with van der Waals surface area (Å²) >= 11 is 0. The van der Waals surface area contributed by atoms with Crippen molar-refractivity contribution in [3.05, 3.63) is 29.8 Å². The number of hydrogen-bond acceptors (Lipinski definition) is 5. The van der Waals surface area contributed by atoms with Crippen LogP contribution < -0.4 is 9.84 Å². The Kier molecular flexibility index (Phi) is 4.71. The Hall–Kier alpha value is -2.39. The first-order valence-electron chi connectivity index (χ1n) is 5.14. The van der Waals surface area contributed by atoms with E-state index in [0.29, 0.717) is 0 Å². The first-order chi connectivity index (χ1) is 9.53. The molecule has 0 atom stereocenters. The van der Waals surface area contributed by atoms with Crippen LogP contribution in [0.5, 0.6) is 5.75 Å². The van der Waals surface area contributed by atoms with Gasteiger partial charge < -0.3 is 19.4 Å². The van der Waals surface area contributed by atoms with Crippen molar-refractivity contribution in [3.8, 4) is 5.75 Å². The number of hydrogen-bond donors (Lipinski definition) is 0. The Bertz CT molecular complexity index is 540. The van der Waals surface area contributed by atoms with Gasteiger partial charge in [0, 0.05) is 0 Å². The van der Waals surface area contributed by atoms with Gasteiger partial charge in [0.25, 0.3) is 0 Å². The fourth-order valence-electron chi connectivity index (χ4n) is 1.13. The summed E-state index contributed by atoms with van der Waals surface area (Å²) < 4.78 is 69.0. The molecule has 21 heavy (non-hydrogen) atoms. The number of carboxylic acid groups (broad SMARTS) is 1. The maximum atomic E-state index is 12.8. The van der Waals surface area contributed by atoms with E-state index >= 15 is 0 Å². The predicted molar refractivity (Wildman–Crippen MR) is 53.4 cm³/mol. The van der Waals surface area contributed by atoms with Crippen LogP contribution >= 0.6 is 0 Å². The molecule has 0 aromatic heterocycles. The van der Waals surface area contributed by atoms with Crippen LogP contribution in [0.3, 0.4) is 0 Å². The summed E-state index contributed by atoms with van der Waals surface area (Å²) in [6, 6.07) is 3.83. The van der Waals surface area contributed by atoms with Crippen molar-refractivity contribution < 1.29 is 46.1 Å². The van der Waals surface area contributed by atoms with Crippen molar-refractivity contribution >= 4 is 11.9 Å². The van der Waals surface area contributed by atoms with Crippen LogP contribution in [-0.4, -0.2) is 30.8 Å². The van der Waals surface area contributed by atoms with E-state index < -0.39 is 42.1 Å². The molecule has 0 saturated carbocycles. The van der Waals surface area contributed by atoms with E-state index in [2.05, 4.69) is 9.47 Å². The topological polar surface area (TPSA) is 75.7 Å². The second-order valence-electron chi connectivity index (χ2n) is 3.59. The predicted octanol–water partition coefficient (Wildman–Crippen LogP) is 1.13. The van der Waals surface area contributed by atoms with Gasteiger partial charge in [0.2, 0.25) is 0 Å². The van der Waals surface area contributed by atoms with Gasteiger partial charge in [-0.05, 0) is 12.1 Å². The summed E-state index contributed by atoms with van der Waals surface area (Å²) in [5.74, 6) is -5.43. The van der Waals surface area contributed by atoms with Gasteiger partial charge in [0.15, 0.2) is 12.6 Å². The van der Waals surface area contributed by atoms with E-state index in [-0.39, 0.29) is 0 Å². The van der Waals surface area contributed by atoms with Gasteiger partial charge in [0.05, 0.1) is 0 Å². The lowest BCUT2D eigenvalue weighted by Crippen LogP contribution is -2.45. The summed E-state index contributed by atoms with van der Waals surface area (Å²) in [5, 5.41) is 10.1. The lowest BCUT2D eigenvalue weighted by Gasteiger charge is -2.19. The van der Waals surface area contributed by atoms with Crippen molar-refractivity contribution in [1.82, 2.24) is 0 Å². The molecule has 0 amide bonds. The minimum absolute atomic E-state index is 0.765. The van der Waals surface area contributed by atoms with Crippen LogP contribution in [0.25, 0.3) is 0 Å². The van der Waals surface area contributed by atoms with E-state index in [1.807, 2.05) is 0 Å². The van der Waals surface area contributed by atoms with Crippen LogP contribution in [0, 0.1) is 0 Å². The van der Waals surface area contributed by atoms with E-state index in [1.165, 1.54) is 0 Å². The Morgan fingerprint density at radius 1 is 1.10 bits per heavy atom. The molecule has 0 spiro atoms. The minimum Gasteiger partial charge on any atom is -0.541 e. The summed E-state index contributed by atoms with van der Waals surface area (Å²) in [7, 11) is 0. The highest BCUT2D eigenvalue weighted by Gasteiger charge is 2.36. The SMILES string of the molecule is O=C(OCC(F)(F)F)c1ccccc1OC(F)(F)C(=O)[O-]. The lowest BCUT2D eigenvalue weighted by atomic mass is 10.2. The largest absolute Gasteiger partial charge is 0.541 e. The van der Waals surface area contributed by atoms with Gasteiger partial charge in [-0.2, -0.15) is 22.0 Å². The van der Waals surface area contributed by atoms with Crippen molar-refractivity contribution in [1.29, 1.82) is 0 Å². The molecule has 0 N–H and O–H groups in total. The molecule has 0 bridgehead atoms. The quantitative estimate of drug-likeness (QED) is 0.601. The van der Waals surface area contributed by atoms with Crippen LogP contribution in [-0.2, 0) is 9.53 Å². The number of esters is 1. The van der Waals surface area contributed by atoms with Crippen LogP contribution in [0.4, 0.5) is 22.0 Å². The molecular formula is C11H6F5O5-.